The standard InChI is InChI=1S/C15H23N3O2/c1-10-6-11(2)13(16-7-10)17-12-8-18(9-12)14(19)20-15(3,4)5/h6-7,12H,8-9H2,1-5H3,(H,16,17). The molecular formula is C15H23N3O2. The molecule has 5 nitrogen and oxygen atoms in total. The molecule has 0 unspecified atom stereocenters. The van der Waals surface area contributed by atoms with Crippen molar-refractivity contribution in [2.24, 2.45) is 0 Å². The number of hydrogen-bond donors (Lipinski definition) is 1. The molecule has 20 heavy (non-hydrogen) atoms. The minimum Gasteiger partial charge on any atom is -0.444 e. The van der Waals surface area contributed by atoms with Gasteiger partial charge in [0.15, 0.2) is 0 Å². The summed E-state index contributed by atoms with van der Waals surface area (Å²) in [6.07, 6.45) is 1.60. The zero-order valence-corrected chi connectivity index (χ0v) is 12.9. The Hall–Kier alpha value is -1.78. The molecule has 0 atom stereocenters. The second-order valence-electron chi connectivity index (χ2n) is 6.40. The highest BCUT2D eigenvalue weighted by Gasteiger charge is 2.33. The Kier molecular flexibility index (Phi) is 3.88. The van der Waals surface area contributed by atoms with Gasteiger partial charge in [0.2, 0.25) is 0 Å². The minimum atomic E-state index is -0.440. The van der Waals surface area contributed by atoms with Crippen molar-refractivity contribution in [2.45, 2.75) is 46.3 Å². The van der Waals surface area contributed by atoms with Crippen molar-refractivity contribution in [1.29, 1.82) is 0 Å². The van der Waals surface area contributed by atoms with Gasteiger partial charge in [0.1, 0.15) is 11.4 Å². The Morgan fingerprint density at radius 2 is 2.05 bits per heavy atom. The second kappa shape index (κ2) is 5.31. The van der Waals surface area contributed by atoms with Crippen molar-refractivity contribution >= 4 is 11.9 Å². The zero-order chi connectivity index (χ0) is 14.9. The van der Waals surface area contributed by atoms with E-state index in [2.05, 4.69) is 16.4 Å². The first-order valence-electron chi connectivity index (χ1n) is 6.92. The van der Waals surface area contributed by atoms with Crippen LogP contribution in [0, 0.1) is 13.8 Å². The van der Waals surface area contributed by atoms with Gasteiger partial charge in [0.25, 0.3) is 0 Å². The molecule has 1 aliphatic heterocycles. The first-order chi connectivity index (χ1) is 9.24. The van der Waals surface area contributed by atoms with Crippen LogP contribution in [0.4, 0.5) is 10.6 Å². The SMILES string of the molecule is Cc1cnc(NC2CN(C(=O)OC(C)(C)C)C2)c(C)c1. The number of aromatic nitrogens is 1. The highest BCUT2D eigenvalue weighted by Crippen LogP contribution is 2.19. The van der Waals surface area contributed by atoms with Gasteiger partial charge in [-0.2, -0.15) is 0 Å². The van der Waals surface area contributed by atoms with E-state index >= 15 is 0 Å². The van der Waals surface area contributed by atoms with Crippen LogP contribution in [-0.2, 0) is 4.74 Å². The highest BCUT2D eigenvalue weighted by atomic mass is 16.6. The Morgan fingerprint density at radius 1 is 1.40 bits per heavy atom. The number of aryl methyl sites for hydroxylation is 2. The van der Waals surface area contributed by atoms with E-state index in [9.17, 15) is 4.79 Å². The molecule has 0 aliphatic carbocycles. The summed E-state index contributed by atoms with van der Waals surface area (Å²) in [5.41, 5.74) is 1.84. The molecule has 1 aromatic heterocycles. The summed E-state index contributed by atoms with van der Waals surface area (Å²) < 4.78 is 5.32. The van der Waals surface area contributed by atoms with Crippen LogP contribution >= 0.6 is 0 Å². The molecule has 2 rings (SSSR count). The number of likely N-dealkylation sites (tertiary alicyclic amines) is 1. The number of carbonyl (C=O) groups is 1. The van der Waals surface area contributed by atoms with E-state index in [-0.39, 0.29) is 12.1 Å². The number of anilines is 1. The Bertz CT molecular complexity index is 502. The van der Waals surface area contributed by atoms with Crippen LogP contribution in [0.3, 0.4) is 0 Å². The third-order valence-electron chi connectivity index (χ3n) is 3.09. The molecule has 1 N–H and O–H groups in total. The summed E-state index contributed by atoms with van der Waals surface area (Å²) >= 11 is 0. The van der Waals surface area contributed by atoms with Gasteiger partial charge in [-0.3, -0.25) is 0 Å². The normalized spacial score (nSPS) is 15.8. The van der Waals surface area contributed by atoms with Crippen LogP contribution in [0.2, 0.25) is 0 Å². The van der Waals surface area contributed by atoms with Crippen molar-refractivity contribution in [3.63, 3.8) is 0 Å². The van der Waals surface area contributed by atoms with Gasteiger partial charge in [-0.15, -0.1) is 0 Å². The fourth-order valence-corrected chi connectivity index (χ4v) is 2.11. The molecule has 0 radical (unpaired) electrons. The second-order valence-corrected chi connectivity index (χ2v) is 6.40. The topological polar surface area (TPSA) is 54.5 Å². The van der Waals surface area contributed by atoms with Crippen LogP contribution in [0.25, 0.3) is 0 Å². The number of ether oxygens (including phenoxy) is 1. The Balaban J connectivity index is 1.83. The fourth-order valence-electron chi connectivity index (χ4n) is 2.11. The van der Waals surface area contributed by atoms with Crippen molar-refractivity contribution in [1.82, 2.24) is 9.88 Å². The molecule has 2 heterocycles. The van der Waals surface area contributed by atoms with Gasteiger partial charge in [0, 0.05) is 19.3 Å². The number of carbonyl (C=O) groups excluding carboxylic acids is 1. The average molecular weight is 277 g/mol. The third kappa shape index (κ3) is 3.62. The fraction of sp³-hybridized carbons (Fsp3) is 0.600. The monoisotopic (exact) mass is 277 g/mol. The van der Waals surface area contributed by atoms with E-state index in [4.69, 9.17) is 4.74 Å². The summed E-state index contributed by atoms with van der Waals surface area (Å²) in [5.74, 6) is 0.893. The molecule has 0 bridgehead atoms. The van der Waals surface area contributed by atoms with E-state index in [1.807, 2.05) is 40.8 Å². The van der Waals surface area contributed by atoms with Crippen LogP contribution in [-0.4, -0.2) is 40.7 Å². The average Bonchev–Trinajstić information content (AvgIpc) is 2.22. The molecule has 5 heteroatoms. The number of rotatable bonds is 2. The first kappa shape index (κ1) is 14.6. The predicted molar refractivity (Wildman–Crippen MR) is 78.9 cm³/mol. The molecule has 0 spiro atoms. The van der Waals surface area contributed by atoms with E-state index in [1.165, 1.54) is 0 Å². The summed E-state index contributed by atoms with van der Waals surface area (Å²) in [5, 5.41) is 3.36. The zero-order valence-electron chi connectivity index (χ0n) is 12.9. The lowest BCUT2D eigenvalue weighted by Gasteiger charge is -2.40. The first-order valence-corrected chi connectivity index (χ1v) is 6.92. The van der Waals surface area contributed by atoms with Gasteiger partial charge < -0.3 is 15.0 Å². The summed E-state index contributed by atoms with van der Waals surface area (Å²) in [4.78, 5) is 17.9. The van der Waals surface area contributed by atoms with E-state index in [0.717, 1.165) is 16.9 Å². The van der Waals surface area contributed by atoms with E-state index in [0.29, 0.717) is 13.1 Å². The van der Waals surface area contributed by atoms with Gasteiger partial charge in [-0.05, 0) is 45.7 Å². The van der Waals surface area contributed by atoms with Gasteiger partial charge in [-0.25, -0.2) is 9.78 Å². The van der Waals surface area contributed by atoms with Crippen LogP contribution in [0.15, 0.2) is 12.3 Å². The van der Waals surface area contributed by atoms with Gasteiger partial charge in [0.05, 0.1) is 6.04 Å². The molecule has 110 valence electrons. The van der Waals surface area contributed by atoms with Crippen molar-refractivity contribution in [3.8, 4) is 0 Å². The van der Waals surface area contributed by atoms with Crippen LogP contribution < -0.4 is 5.32 Å². The maximum Gasteiger partial charge on any atom is 0.410 e. The lowest BCUT2D eigenvalue weighted by Crippen LogP contribution is -2.58. The molecule has 1 aliphatic rings. The van der Waals surface area contributed by atoms with E-state index < -0.39 is 5.60 Å². The predicted octanol–water partition coefficient (Wildman–Crippen LogP) is 2.73. The molecule has 1 amide bonds. The molecule has 1 aromatic rings. The summed E-state index contributed by atoms with van der Waals surface area (Å²) in [6.45, 7) is 11.0. The smallest absolute Gasteiger partial charge is 0.410 e. The summed E-state index contributed by atoms with van der Waals surface area (Å²) in [7, 11) is 0. The number of nitrogens with one attached hydrogen (secondary N) is 1. The van der Waals surface area contributed by atoms with Crippen LogP contribution in [0.5, 0.6) is 0 Å². The summed E-state index contributed by atoms with van der Waals surface area (Å²) in [6, 6.07) is 2.34. The Morgan fingerprint density at radius 3 is 2.60 bits per heavy atom. The maximum absolute atomic E-state index is 11.8. The number of nitrogens with zero attached hydrogens (tertiary/aromatic N) is 2. The third-order valence-corrected chi connectivity index (χ3v) is 3.09. The van der Waals surface area contributed by atoms with E-state index in [1.54, 1.807) is 4.90 Å². The number of pyridine rings is 1. The molecule has 0 aromatic carbocycles. The van der Waals surface area contributed by atoms with Gasteiger partial charge >= 0.3 is 6.09 Å². The minimum absolute atomic E-state index is 0.246. The number of hydrogen-bond acceptors (Lipinski definition) is 4. The van der Waals surface area contributed by atoms with Crippen molar-refractivity contribution in [3.05, 3.63) is 23.4 Å². The lowest BCUT2D eigenvalue weighted by atomic mass is 10.1. The van der Waals surface area contributed by atoms with Crippen molar-refractivity contribution < 1.29 is 9.53 Å². The number of amides is 1. The Labute approximate surface area is 120 Å². The lowest BCUT2D eigenvalue weighted by molar-refractivity contribution is 0.0104. The molecule has 0 saturated carbocycles. The molecule has 1 saturated heterocycles. The molecule has 1 fully saturated rings. The maximum atomic E-state index is 11.8. The highest BCUT2D eigenvalue weighted by molar-refractivity contribution is 5.69. The largest absolute Gasteiger partial charge is 0.444 e. The quantitative estimate of drug-likeness (QED) is 0.903. The molecular weight excluding hydrogens is 254 g/mol. The van der Waals surface area contributed by atoms with Crippen LogP contribution in [0.1, 0.15) is 31.9 Å². The van der Waals surface area contributed by atoms with Gasteiger partial charge in [-0.1, -0.05) is 6.07 Å². The van der Waals surface area contributed by atoms with Crippen molar-refractivity contribution in [2.75, 3.05) is 18.4 Å².